The number of carboxylic acid groups (broad SMARTS) is 1. The van der Waals surface area contributed by atoms with Crippen LogP contribution in [0.4, 0.5) is 0 Å². The van der Waals surface area contributed by atoms with Gasteiger partial charge in [-0.25, -0.2) is 9.80 Å². The van der Waals surface area contributed by atoms with Crippen molar-refractivity contribution in [3.8, 4) is 17.2 Å². The van der Waals surface area contributed by atoms with Gasteiger partial charge in [0.25, 0.3) is 0 Å². The number of aromatic carboxylic acids is 1. The summed E-state index contributed by atoms with van der Waals surface area (Å²) in [6.07, 6.45) is -0.0842. The van der Waals surface area contributed by atoms with E-state index in [4.69, 9.17) is 19.3 Å². The van der Waals surface area contributed by atoms with Crippen LogP contribution in [0.25, 0.3) is 0 Å². The van der Waals surface area contributed by atoms with Gasteiger partial charge >= 0.3 is 5.97 Å². The smallest absolute Gasteiger partial charge is 0.340 e. The van der Waals surface area contributed by atoms with E-state index in [1.54, 1.807) is 12.1 Å². The number of carbonyl (C=O) groups is 1. The van der Waals surface area contributed by atoms with Crippen molar-refractivity contribution in [3.05, 3.63) is 87.4 Å². The normalized spacial score (nSPS) is 18.6. The maximum absolute atomic E-state index is 12.3. The van der Waals surface area contributed by atoms with Gasteiger partial charge in [-0.3, -0.25) is 0 Å². The minimum absolute atomic E-state index is 0.00970. The third-order valence-corrected chi connectivity index (χ3v) is 6.41. The van der Waals surface area contributed by atoms with Crippen molar-refractivity contribution in [1.82, 2.24) is 5.01 Å². The summed E-state index contributed by atoms with van der Waals surface area (Å²) in [6, 6.07) is 19.1. The number of hydrazone groups is 1. The van der Waals surface area contributed by atoms with Gasteiger partial charge in [0, 0.05) is 22.0 Å². The molecule has 168 valence electrons. The summed E-state index contributed by atoms with van der Waals surface area (Å²) in [5.74, 6) is 0.0509. The van der Waals surface area contributed by atoms with Gasteiger partial charge in [-0.05, 0) is 35.9 Å². The van der Waals surface area contributed by atoms with Crippen LogP contribution in [0.5, 0.6) is 17.2 Å². The van der Waals surface area contributed by atoms with Crippen LogP contribution in [0, 0.1) is 0 Å². The first kappa shape index (κ1) is 21.3. The standard InChI is InChI=1S/C25H21BrN2O5/c1-31-21-11-9-16(22(25(29)30)23(21)32-2)24-28-19(17-12-15(26)8-10-20(17)33-24)13-18(27-28)14-6-4-3-5-7-14/h3-12,19,24H,13H2,1-2H3,(H,29,30)/t19-,24+/m1/s1. The van der Waals surface area contributed by atoms with Crippen molar-refractivity contribution in [2.75, 3.05) is 14.2 Å². The topological polar surface area (TPSA) is 80.6 Å². The Morgan fingerprint density at radius 2 is 1.88 bits per heavy atom. The van der Waals surface area contributed by atoms with E-state index in [2.05, 4.69) is 15.9 Å². The Morgan fingerprint density at radius 3 is 2.58 bits per heavy atom. The average Bonchev–Trinajstić information content (AvgIpc) is 3.29. The predicted octanol–water partition coefficient (Wildman–Crippen LogP) is 5.41. The number of hydrogen-bond donors (Lipinski definition) is 1. The van der Waals surface area contributed by atoms with Crippen molar-refractivity contribution in [2.45, 2.75) is 18.7 Å². The number of benzene rings is 3. The lowest BCUT2D eigenvalue weighted by atomic mass is 9.95. The molecule has 0 aliphatic carbocycles. The zero-order valence-electron chi connectivity index (χ0n) is 18.0. The van der Waals surface area contributed by atoms with E-state index in [1.807, 2.05) is 53.5 Å². The minimum Gasteiger partial charge on any atom is -0.493 e. The zero-order chi connectivity index (χ0) is 23.1. The number of ether oxygens (including phenoxy) is 3. The van der Waals surface area contributed by atoms with Crippen molar-refractivity contribution >= 4 is 27.6 Å². The first-order valence-electron chi connectivity index (χ1n) is 10.4. The largest absolute Gasteiger partial charge is 0.493 e. The van der Waals surface area contributed by atoms with Gasteiger partial charge in [0.15, 0.2) is 11.5 Å². The minimum atomic E-state index is -1.13. The number of carboxylic acids is 1. The van der Waals surface area contributed by atoms with Crippen LogP contribution in [-0.2, 0) is 0 Å². The highest BCUT2D eigenvalue weighted by atomic mass is 79.9. The maximum Gasteiger partial charge on any atom is 0.340 e. The highest BCUT2D eigenvalue weighted by molar-refractivity contribution is 9.10. The van der Waals surface area contributed by atoms with Crippen LogP contribution in [0.3, 0.4) is 0 Å². The molecule has 0 aromatic heterocycles. The Morgan fingerprint density at radius 1 is 1.09 bits per heavy atom. The summed E-state index contributed by atoms with van der Waals surface area (Å²) in [7, 11) is 2.90. The molecule has 33 heavy (non-hydrogen) atoms. The number of rotatable bonds is 5. The highest BCUT2D eigenvalue weighted by Crippen LogP contribution is 2.50. The number of fused-ring (bicyclic) bond motifs is 3. The molecule has 0 fully saturated rings. The van der Waals surface area contributed by atoms with Crippen LogP contribution < -0.4 is 14.2 Å². The first-order chi connectivity index (χ1) is 16.0. The van der Waals surface area contributed by atoms with Crippen LogP contribution in [-0.4, -0.2) is 36.0 Å². The summed E-state index contributed by atoms with van der Waals surface area (Å²) in [5, 5.41) is 16.8. The van der Waals surface area contributed by atoms with E-state index in [9.17, 15) is 9.90 Å². The predicted molar refractivity (Wildman–Crippen MR) is 126 cm³/mol. The molecule has 0 saturated carbocycles. The molecule has 0 radical (unpaired) electrons. The summed E-state index contributed by atoms with van der Waals surface area (Å²) >= 11 is 3.55. The molecule has 2 heterocycles. The van der Waals surface area contributed by atoms with Crippen LogP contribution in [0.15, 0.2) is 70.2 Å². The Hall–Kier alpha value is -3.52. The molecule has 5 rings (SSSR count). The molecule has 2 aliphatic rings. The van der Waals surface area contributed by atoms with Crippen molar-refractivity contribution in [2.24, 2.45) is 5.10 Å². The van der Waals surface area contributed by atoms with Gasteiger partial charge in [-0.2, -0.15) is 5.10 Å². The highest BCUT2D eigenvalue weighted by Gasteiger charge is 2.43. The molecular formula is C25H21BrN2O5. The quantitative estimate of drug-likeness (QED) is 0.496. The van der Waals surface area contributed by atoms with E-state index in [1.165, 1.54) is 14.2 Å². The molecule has 2 aliphatic heterocycles. The van der Waals surface area contributed by atoms with E-state index >= 15 is 0 Å². The fourth-order valence-corrected chi connectivity index (χ4v) is 4.82. The summed E-state index contributed by atoms with van der Waals surface area (Å²) in [5.41, 5.74) is 3.36. The molecule has 0 unspecified atom stereocenters. The number of nitrogens with zero attached hydrogens (tertiary/aromatic N) is 2. The zero-order valence-corrected chi connectivity index (χ0v) is 19.6. The molecule has 3 aromatic carbocycles. The van der Waals surface area contributed by atoms with E-state index in [0.29, 0.717) is 23.5 Å². The van der Waals surface area contributed by atoms with Crippen molar-refractivity contribution in [3.63, 3.8) is 0 Å². The van der Waals surface area contributed by atoms with Crippen molar-refractivity contribution < 1.29 is 24.1 Å². The monoisotopic (exact) mass is 508 g/mol. The molecule has 0 bridgehead atoms. The maximum atomic E-state index is 12.3. The third kappa shape index (κ3) is 3.60. The van der Waals surface area contributed by atoms with Gasteiger partial charge in [0.2, 0.25) is 6.23 Å². The molecular weight excluding hydrogens is 488 g/mol. The lowest BCUT2D eigenvalue weighted by Gasteiger charge is -2.38. The van der Waals surface area contributed by atoms with Crippen molar-refractivity contribution in [1.29, 1.82) is 0 Å². The van der Waals surface area contributed by atoms with Gasteiger partial charge in [-0.15, -0.1) is 0 Å². The lowest BCUT2D eigenvalue weighted by molar-refractivity contribution is -0.0199. The van der Waals surface area contributed by atoms with Gasteiger partial charge in [-0.1, -0.05) is 46.3 Å². The van der Waals surface area contributed by atoms with Crippen LogP contribution >= 0.6 is 15.9 Å². The third-order valence-electron chi connectivity index (χ3n) is 5.92. The summed E-state index contributed by atoms with van der Waals surface area (Å²) < 4.78 is 18.1. The second-order valence-corrected chi connectivity index (χ2v) is 8.65. The second-order valence-electron chi connectivity index (χ2n) is 7.74. The van der Waals surface area contributed by atoms with Gasteiger partial charge < -0.3 is 19.3 Å². The Bertz CT molecular complexity index is 1260. The van der Waals surface area contributed by atoms with Gasteiger partial charge in [0.1, 0.15) is 11.3 Å². The van der Waals surface area contributed by atoms with Gasteiger partial charge in [0.05, 0.1) is 26.0 Å². The van der Waals surface area contributed by atoms with Crippen LogP contribution in [0.2, 0.25) is 0 Å². The number of halogens is 1. The van der Waals surface area contributed by atoms with E-state index in [0.717, 1.165) is 21.3 Å². The SMILES string of the molecule is COc1ccc([C@@H]2Oc3ccc(Br)cc3[C@H]3CC(c4ccccc4)=NN32)c(C(=O)O)c1OC. The average molecular weight is 509 g/mol. The fourth-order valence-electron chi connectivity index (χ4n) is 4.44. The fraction of sp³-hybridized carbons (Fsp3) is 0.200. The molecule has 0 amide bonds. The number of hydrogen-bond acceptors (Lipinski definition) is 6. The molecule has 0 spiro atoms. The second kappa shape index (κ2) is 8.44. The lowest BCUT2D eigenvalue weighted by Crippen LogP contribution is -2.34. The molecule has 1 N–H and O–H groups in total. The molecule has 2 atom stereocenters. The Balaban J connectivity index is 1.68. The Kier molecular flexibility index (Phi) is 5.46. The summed E-state index contributed by atoms with van der Waals surface area (Å²) in [4.78, 5) is 12.3. The number of methoxy groups -OCH3 is 2. The molecule has 0 saturated heterocycles. The van der Waals surface area contributed by atoms with E-state index in [-0.39, 0.29) is 17.4 Å². The molecule has 3 aromatic rings. The van der Waals surface area contributed by atoms with Crippen LogP contribution in [0.1, 0.15) is 45.7 Å². The Labute approximate surface area is 199 Å². The summed E-state index contributed by atoms with van der Waals surface area (Å²) in [6.45, 7) is 0. The molecule has 8 heteroatoms. The van der Waals surface area contributed by atoms with E-state index < -0.39 is 12.2 Å². The first-order valence-corrected chi connectivity index (χ1v) is 11.2. The molecule has 7 nitrogen and oxygen atoms in total.